The maximum absolute atomic E-state index is 12.0. The Balaban J connectivity index is 3.37. The summed E-state index contributed by atoms with van der Waals surface area (Å²) in [5.41, 5.74) is -0.0661. The highest BCUT2D eigenvalue weighted by atomic mass is 32.2. The minimum atomic E-state index is -4.94. The Hall–Kier alpha value is -1.55. The number of hydrogen-bond donors (Lipinski definition) is 1. The van der Waals surface area contributed by atoms with Gasteiger partial charge in [-0.1, -0.05) is 0 Å². The summed E-state index contributed by atoms with van der Waals surface area (Å²) in [4.78, 5) is 2.79. The molecule has 1 rings (SSSR count). The number of alkyl halides is 3. The van der Waals surface area contributed by atoms with Crippen molar-refractivity contribution in [1.82, 2.24) is 4.98 Å². The third-order valence-electron chi connectivity index (χ3n) is 1.80. The van der Waals surface area contributed by atoms with E-state index in [1.165, 1.54) is 6.92 Å². The Morgan fingerprint density at radius 3 is 2.33 bits per heavy atom. The molecule has 0 spiro atoms. The fourth-order valence-corrected chi connectivity index (χ4v) is 2.14. The molecule has 2 N–H and O–H groups in total. The van der Waals surface area contributed by atoms with Gasteiger partial charge < -0.3 is 9.47 Å². The van der Waals surface area contributed by atoms with Gasteiger partial charge in [0.05, 0.1) is 7.11 Å². The van der Waals surface area contributed by atoms with Crippen molar-refractivity contribution in [2.24, 2.45) is 5.14 Å². The van der Waals surface area contributed by atoms with E-state index in [1.807, 2.05) is 0 Å². The monoisotopic (exact) mass is 286 g/mol. The van der Waals surface area contributed by atoms with E-state index in [1.54, 1.807) is 0 Å². The summed E-state index contributed by atoms with van der Waals surface area (Å²) in [6.45, 7) is 1.24. The van der Waals surface area contributed by atoms with Gasteiger partial charge in [0.15, 0.2) is 0 Å². The van der Waals surface area contributed by atoms with Crippen LogP contribution in [0.3, 0.4) is 0 Å². The van der Waals surface area contributed by atoms with Crippen LogP contribution in [0.2, 0.25) is 0 Å². The van der Waals surface area contributed by atoms with E-state index >= 15 is 0 Å². The van der Waals surface area contributed by atoms with Crippen LogP contribution < -0.4 is 14.6 Å². The van der Waals surface area contributed by atoms with Crippen LogP contribution in [0.4, 0.5) is 13.2 Å². The van der Waals surface area contributed by atoms with Crippen molar-refractivity contribution in [3.8, 4) is 11.8 Å². The second kappa shape index (κ2) is 4.61. The molecule has 0 aliphatic heterocycles. The van der Waals surface area contributed by atoms with Gasteiger partial charge in [-0.15, -0.1) is 13.2 Å². The molecule has 0 radical (unpaired) electrons. The molecule has 1 aromatic heterocycles. The Bertz CT molecular complexity index is 556. The van der Waals surface area contributed by atoms with Gasteiger partial charge in [-0.05, 0) is 12.5 Å². The number of rotatable bonds is 3. The lowest BCUT2D eigenvalue weighted by Gasteiger charge is -2.12. The summed E-state index contributed by atoms with van der Waals surface area (Å²) >= 11 is 0. The summed E-state index contributed by atoms with van der Waals surface area (Å²) < 4.78 is 66.6. The number of ether oxygens (including phenoxy) is 2. The Labute approximate surface area is 101 Å². The van der Waals surface area contributed by atoms with Gasteiger partial charge in [0, 0.05) is 6.07 Å². The van der Waals surface area contributed by atoms with Crippen LogP contribution in [-0.4, -0.2) is 26.9 Å². The van der Waals surface area contributed by atoms with Crippen molar-refractivity contribution in [2.45, 2.75) is 18.2 Å². The first-order chi connectivity index (χ1) is 8.04. The third kappa shape index (κ3) is 3.47. The number of sulfonamides is 1. The van der Waals surface area contributed by atoms with Crippen LogP contribution in [0.1, 0.15) is 5.56 Å². The van der Waals surface area contributed by atoms with Crippen molar-refractivity contribution in [3.05, 3.63) is 11.6 Å². The summed E-state index contributed by atoms with van der Waals surface area (Å²) in [6.07, 6.45) is -4.94. The first kappa shape index (κ1) is 14.5. The van der Waals surface area contributed by atoms with Crippen molar-refractivity contribution in [3.63, 3.8) is 0 Å². The molecule has 0 aromatic carbocycles. The molecule has 0 atom stereocenters. The van der Waals surface area contributed by atoms with E-state index in [-0.39, 0.29) is 5.56 Å². The summed E-state index contributed by atoms with van der Waals surface area (Å²) in [7, 11) is -3.11. The number of methoxy groups -OCH3 is 1. The molecule has 0 bridgehead atoms. The van der Waals surface area contributed by atoms with Crippen LogP contribution >= 0.6 is 0 Å². The van der Waals surface area contributed by atoms with Crippen molar-refractivity contribution in [1.29, 1.82) is 0 Å². The number of aromatic nitrogens is 1. The first-order valence-electron chi connectivity index (χ1n) is 4.39. The molecule has 6 nitrogen and oxygen atoms in total. The molecule has 0 fully saturated rings. The third-order valence-corrected chi connectivity index (χ3v) is 2.87. The van der Waals surface area contributed by atoms with E-state index in [0.717, 1.165) is 13.2 Å². The highest BCUT2D eigenvalue weighted by Gasteiger charge is 2.33. The Kier molecular flexibility index (Phi) is 3.72. The molecule has 102 valence electrons. The molecular formula is C8H9F3N2O4S. The average molecular weight is 286 g/mol. The van der Waals surface area contributed by atoms with Crippen LogP contribution in [0.15, 0.2) is 11.0 Å². The predicted molar refractivity (Wildman–Crippen MR) is 53.6 cm³/mol. The van der Waals surface area contributed by atoms with E-state index in [2.05, 4.69) is 14.5 Å². The lowest BCUT2D eigenvalue weighted by Crippen LogP contribution is -2.20. The summed E-state index contributed by atoms with van der Waals surface area (Å²) in [5.74, 6) is -1.39. The lowest BCUT2D eigenvalue weighted by molar-refractivity contribution is -0.276. The molecule has 0 unspecified atom stereocenters. The fourth-order valence-electron chi connectivity index (χ4n) is 1.26. The highest BCUT2D eigenvalue weighted by Crippen LogP contribution is 2.30. The highest BCUT2D eigenvalue weighted by molar-refractivity contribution is 7.89. The number of hydrogen-bond acceptors (Lipinski definition) is 5. The van der Waals surface area contributed by atoms with E-state index in [9.17, 15) is 21.6 Å². The average Bonchev–Trinajstić information content (AvgIpc) is 2.11. The molecule has 0 aliphatic rings. The van der Waals surface area contributed by atoms with Crippen molar-refractivity contribution < 1.29 is 31.1 Å². The van der Waals surface area contributed by atoms with Gasteiger partial charge in [0.1, 0.15) is 4.90 Å². The van der Waals surface area contributed by atoms with Gasteiger partial charge in [0.2, 0.25) is 21.8 Å². The Morgan fingerprint density at radius 2 is 1.94 bits per heavy atom. The van der Waals surface area contributed by atoms with E-state index in [4.69, 9.17) is 5.14 Å². The quantitative estimate of drug-likeness (QED) is 0.893. The summed E-state index contributed by atoms with van der Waals surface area (Å²) in [5, 5.41) is 4.90. The number of aryl methyl sites for hydroxylation is 1. The fraction of sp³-hybridized carbons (Fsp3) is 0.375. The van der Waals surface area contributed by atoms with Gasteiger partial charge in [-0.3, -0.25) is 0 Å². The molecule has 1 aromatic rings. The molecule has 0 amide bonds. The minimum absolute atomic E-state index is 0.0661. The first-order valence-corrected chi connectivity index (χ1v) is 5.93. The van der Waals surface area contributed by atoms with Gasteiger partial charge >= 0.3 is 6.36 Å². The zero-order chi connectivity index (χ0) is 14.1. The SMILES string of the molecule is COc1nc(OC(F)(F)F)cc(C)c1S(N)(=O)=O. The largest absolute Gasteiger partial charge is 0.574 e. The molecule has 0 aliphatic carbocycles. The predicted octanol–water partition coefficient (Wildman–Crippen LogP) is 0.945. The second-order valence-electron chi connectivity index (χ2n) is 3.21. The number of pyridine rings is 1. The van der Waals surface area contributed by atoms with E-state index in [0.29, 0.717) is 0 Å². The maximum atomic E-state index is 12.0. The molecule has 1 heterocycles. The van der Waals surface area contributed by atoms with Crippen molar-refractivity contribution >= 4 is 10.0 Å². The van der Waals surface area contributed by atoms with Gasteiger partial charge in [-0.25, -0.2) is 13.6 Å². The van der Waals surface area contributed by atoms with E-state index < -0.39 is 33.0 Å². The minimum Gasteiger partial charge on any atom is -0.480 e. The molecule has 0 saturated heterocycles. The lowest BCUT2D eigenvalue weighted by atomic mass is 10.3. The zero-order valence-corrected chi connectivity index (χ0v) is 10.1. The van der Waals surface area contributed by atoms with Crippen LogP contribution in [0.25, 0.3) is 0 Å². The zero-order valence-electron chi connectivity index (χ0n) is 9.28. The molecule has 0 saturated carbocycles. The van der Waals surface area contributed by atoms with Crippen molar-refractivity contribution in [2.75, 3.05) is 7.11 Å². The smallest absolute Gasteiger partial charge is 0.480 e. The van der Waals surface area contributed by atoms with Crippen LogP contribution in [-0.2, 0) is 10.0 Å². The number of halogens is 3. The topological polar surface area (TPSA) is 91.5 Å². The molecular weight excluding hydrogens is 277 g/mol. The molecule has 10 heteroatoms. The standard InChI is InChI=1S/C8H9F3N2O4S/c1-4-3-5(17-8(9,10)11)13-7(16-2)6(4)18(12,14)15/h3H,1-2H3,(H2,12,14,15). The van der Waals surface area contributed by atoms with Crippen LogP contribution in [0.5, 0.6) is 11.8 Å². The number of primary sulfonamides is 1. The van der Waals surface area contributed by atoms with Gasteiger partial charge in [0.25, 0.3) is 0 Å². The van der Waals surface area contributed by atoms with Gasteiger partial charge in [-0.2, -0.15) is 4.98 Å². The second-order valence-corrected chi connectivity index (χ2v) is 4.71. The summed E-state index contributed by atoms with van der Waals surface area (Å²) in [6, 6.07) is 0.801. The number of nitrogens with zero attached hydrogens (tertiary/aromatic N) is 1. The molecule has 18 heavy (non-hydrogen) atoms. The number of nitrogens with two attached hydrogens (primary N) is 1. The maximum Gasteiger partial charge on any atom is 0.574 e. The van der Waals surface area contributed by atoms with Crippen LogP contribution in [0, 0.1) is 6.92 Å². The normalized spacial score (nSPS) is 12.3. The Morgan fingerprint density at radius 1 is 1.39 bits per heavy atom.